The number of carbonyl (C=O) groups is 2. The normalized spacial score (nSPS) is 23.8. The summed E-state index contributed by atoms with van der Waals surface area (Å²) in [6.07, 6.45) is 1.42. The molecule has 0 aliphatic carbocycles. The highest BCUT2D eigenvalue weighted by molar-refractivity contribution is 6.10. The lowest BCUT2D eigenvalue weighted by Gasteiger charge is -2.40. The summed E-state index contributed by atoms with van der Waals surface area (Å²) in [6, 6.07) is 5.39. The van der Waals surface area contributed by atoms with Crippen molar-refractivity contribution in [2.45, 2.75) is 39.9 Å². The average Bonchev–Trinajstić information content (AvgIpc) is 3.13. The molecule has 7 nitrogen and oxygen atoms in total. The lowest BCUT2D eigenvalue weighted by Crippen LogP contribution is -2.64. The van der Waals surface area contributed by atoms with E-state index >= 15 is 0 Å². The SMILES string of the molecule is C=C(C)CN1C(=O)C2C(N=C3N(c4cc(C)ccc4C)C(C)=CN32)N(C)C1=O. The Hall–Kier alpha value is -3.09. The first kappa shape index (κ1) is 18.3. The molecule has 146 valence electrons. The highest BCUT2D eigenvalue weighted by atomic mass is 16.2. The molecule has 2 unspecified atom stereocenters. The van der Waals surface area contributed by atoms with Crippen molar-refractivity contribution in [2.75, 3.05) is 18.5 Å². The van der Waals surface area contributed by atoms with Gasteiger partial charge in [-0.25, -0.2) is 9.79 Å². The fourth-order valence-electron chi connectivity index (χ4n) is 4.03. The van der Waals surface area contributed by atoms with Gasteiger partial charge in [0.1, 0.15) is 0 Å². The lowest BCUT2D eigenvalue weighted by atomic mass is 10.1. The maximum atomic E-state index is 13.2. The Labute approximate surface area is 165 Å². The van der Waals surface area contributed by atoms with Gasteiger partial charge in [-0.2, -0.15) is 0 Å². The first-order valence-electron chi connectivity index (χ1n) is 9.35. The third kappa shape index (κ3) is 2.53. The smallest absolute Gasteiger partial charge is 0.302 e. The number of urea groups is 1. The van der Waals surface area contributed by atoms with E-state index in [1.165, 1.54) is 4.90 Å². The molecule has 3 amide bonds. The molecule has 1 fully saturated rings. The van der Waals surface area contributed by atoms with E-state index in [0.29, 0.717) is 5.96 Å². The van der Waals surface area contributed by atoms with Gasteiger partial charge in [0.2, 0.25) is 5.96 Å². The molecule has 1 aromatic carbocycles. The Morgan fingerprint density at radius 3 is 2.61 bits per heavy atom. The number of benzene rings is 1. The molecule has 7 heteroatoms. The molecule has 1 saturated heterocycles. The Bertz CT molecular complexity index is 964. The van der Waals surface area contributed by atoms with Crippen molar-refractivity contribution in [1.29, 1.82) is 0 Å². The van der Waals surface area contributed by atoms with Crippen molar-refractivity contribution in [2.24, 2.45) is 4.99 Å². The molecule has 0 saturated carbocycles. The van der Waals surface area contributed by atoms with Crippen molar-refractivity contribution in [3.63, 3.8) is 0 Å². The van der Waals surface area contributed by atoms with Gasteiger partial charge in [0.25, 0.3) is 5.91 Å². The standard InChI is InChI=1S/C21H25N5O2/c1-12(2)10-25-19(27)17-18(23(6)21(25)28)22-20-24(17)11-15(5)26(20)16-9-13(3)7-8-14(16)4/h7-9,11,17-18H,1,10H2,2-6H3. The van der Waals surface area contributed by atoms with Crippen LogP contribution < -0.4 is 4.90 Å². The van der Waals surface area contributed by atoms with Crippen LogP contribution in [0.1, 0.15) is 25.0 Å². The van der Waals surface area contributed by atoms with E-state index in [2.05, 4.69) is 43.5 Å². The monoisotopic (exact) mass is 379 g/mol. The molecule has 3 aliphatic heterocycles. The number of anilines is 1. The van der Waals surface area contributed by atoms with E-state index < -0.39 is 12.2 Å². The first-order chi connectivity index (χ1) is 13.2. The van der Waals surface area contributed by atoms with Crippen LogP contribution in [0.25, 0.3) is 0 Å². The minimum atomic E-state index is -0.554. The fraction of sp³-hybridized carbons (Fsp3) is 0.381. The van der Waals surface area contributed by atoms with Gasteiger partial charge in [-0.05, 0) is 44.9 Å². The van der Waals surface area contributed by atoms with Gasteiger partial charge in [-0.3, -0.25) is 14.6 Å². The molecule has 4 rings (SSSR count). The molecule has 2 atom stereocenters. The van der Waals surface area contributed by atoms with Crippen LogP contribution >= 0.6 is 0 Å². The van der Waals surface area contributed by atoms with Crippen LogP contribution in [-0.4, -0.2) is 58.4 Å². The second-order valence-corrected chi connectivity index (χ2v) is 7.87. The third-order valence-corrected chi connectivity index (χ3v) is 5.42. The predicted molar refractivity (Wildman–Crippen MR) is 109 cm³/mol. The van der Waals surface area contributed by atoms with E-state index in [9.17, 15) is 9.59 Å². The maximum Gasteiger partial charge on any atom is 0.328 e. The number of guanidine groups is 1. The molecule has 3 aliphatic rings. The Kier molecular flexibility index (Phi) is 4.06. The Morgan fingerprint density at radius 2 is 1.93 bits per heavy atom. The molecule has 0 bridgehead atoms. The summed E-state index contributed by atoms with van der Waals surface area (Å²) in [5, 5.41) is 0. The number of hydrogen-bond donors (Lipinski definition) is 0. The van der Waals surface area contributed by atoms with Gasteiger partial charge >= 0.3 is 6.03 Å². The summed E-state index contributed by atoms with van der Waals surface area (Å²) in [6.45, 7) is 12.0. The first-order valence-corrected chi connectivity index (χ1v) is 9.35. The minimum absolute atomic E-state index is 0.220. The molecule has 28 heavy (non-hydrogen) atoms. The van der Waals surface area contributed by atoms with Crippen LogP contribution in [0.2, 0.25) is 0 Å². The Balaban J connectivity index is 1.75. The minimum Gasteiger partial charge on any atom is -0.302 e. The highest BCUT2D eigenvalue weighted by Crippen LogP contribution is 2.37. The number of nitrogens with zero attached hydrogens (tertiary/aromatic N) is 5. The van der Waals surface area contributed by atoms with Gasteiger partial charge in [-0.1, -0.05) is 24.3 Å². The second-order valence-electron chi connectivity index (χ2n) is 7.87. The average molecular weight is 379 g/mol. The van der Waals surface area contributed by atoms with Crippen molar-refractivity contribution in [3.8, 4) is 0 Å². The number of likely N-dealkylation sites (N-methyl/N-ethyl adjacent to an activating group) is 1. The van der Waals surface area contributed by atoms with Gasteiger partial charge in [0.05, 0.1) is 12.2 Å². The quantitative estimate of drug-likeness (QED) is 0.758. The van der Waals surface area contributed by atoms with E-state index in [-0.39, 0.29) is 18.5 Å². The summed E-state index contributed by atoms with van der Waals surface area (Å²) in [5.74, 6) is 0.452. The Morgan fingerprint density at radius 1 is 1.21 bits per heavy atom. The number of allylic oxidation sites excluding steroid dienone is 1. The van der Waals surface area contributed by atoms with E-state index in [0.717, 1.165) is 28.1 Å². The second kappa shape index (κ2) is 6.22. The predicted octanol–water partition coefficient (Wildman–Crippen LogP) is 2.82. The number of imide groups is 1. The maximum absolute atomic E-state index is 13.2. The van der Waals surface area contributed by atoms with Gasteiger partial charge < -0.3 is 9.80 Å². The summed E-state index contributed by atoms with van der Waals surface area (Å²) >= 11 is 0. The van der Waals surface area contributed by atoms with Crippen LogP contribution in [0.4, 0.5) is 10.5 Å². The number of amides is 3. The molecule has 3 heterocycles. The fourth-order valence-corrected chi connectivity index (χ4v) is 4.03. The van der Waals surface area contributed by atoms with E-state index in [1.807, 2.05) is 24.9 Å². The summed E-state index contributed by atoms with van der Waals surface area (Å²) < 4.78 is 0. The largest absolute Gasteiger partial charge is 0.328 e. The zero-order chi connectivity index (χ0) is 20.3. The van der Waals surface area contributed by atoms with E-state index in [1.54, 1.807) is 11.9 Å². The van der Waals surface area contributed by atoms with Crippen LogP contribution in [0.15, 0.2) is 47.2 Å². The lowest BCUT2D eigenvalue weighted by molar-refractivity contribution is -0.136. The molecule has 0 radical (unpaired) electrons. The van der Waals surface area contributed by atoms with Gasteiger partial charge in [0.15, 0.2) is 12.2 Å². The zero-order valence-electron chi connectivity index (χ0n) is 16.9. The molecular weight excluding hydrogens is 354 g/mol. The summed E-state index contributed by atoms with van der Waals surface area (Å²) in [5.41, 5.74) is 5.06. The van der Waals surface area contributed by atoms with Crippen LogP contribution in [0.3, 0.4) is 0 Å². The van der Waals surface area contributed by atoms with Gasteiger partial charge in [0, 0.05) is 18.9 Å². The topological polar surface area (TPSA) is 59.5 Å². The molecule has 0 N–H and O–H groups in total. The van der Waals surface area contributed by atoms with Crippen LogP contribution in [0, 0.1) is 13.8 Å². The number of fused-ring (bicyclic) bond motifs is 3. The van der Waals surface area contributed by atoms with Crippen molar-refractivity contribution in [1.82, 2.24) is 14.7 Å². The van der Waals surface area contributed by atoms with Crippen molar-refractivity contribution >= 4 is 23.6 Å². The zero-order valence-corrected chi connectivity index (χ0v) is 16.9. The van der Waals surface area contributed by atoms with Crippen LogP contribution in [-0.2, 0) is 4.79 Å². The molecule has 0 spiro atoms. The van der Waals surface area contributed by atoms with Gasteiger partial charge in [-0.15, -0.1) is 0 Å². The number of rotatable bonds is 3. The van der Waals surface area contributed by atoms with Crippen LogP contribution in [0.5, 0.6) is 0 Å². The number of hydrogen-bond acceptors (Lipinski definition) is 5. The molecule has 0 aromatic heterocycles. The summed E-state index contributed by atoms with van der Waals surface area (Å²) in [7, 11) is 1.70. The molecule has 1 aromatic rings. The van der Waals surface area contributed by atoms with E-state index in [4.69, 9.17) is 4.99 Å². The molecular formula is C21H25N5O2. The number of aryl methyl sites for hydroxylation is 2. The van der Waals surface area contributed by atoms with Crippen molar-refractivity contribution in [3.05, 3.63) is 53.4 Å². The highest BCUT2D eigenvalue weighted by Gasteiger charge is 2.54. The number of aliphatic imine (C=N–C) groups is 1. The van der Waals surface area contributed by atoms with Crippen molar-refractivity contribution < 1.29 is 9.59 Å². The summed E-state index contributed by atoms with van der Waals surface area (Å²) in [4.78, 5) is 37.5. The number of carbonyl (C=O) groups excluding carboxylic acids is 2. The third-order valence-electron chi connectivity index (χ3n) is 5.42.